The first kappa shape index (κ1) is 30.8. The van der Waals surface area contributed by atoms with Crippen LogP contribution in [0.2, 0.25) is 0 Å². The molecule has 1 aromatic carbocycles. The Morgan fingerprint density at radius 3 is 2.51 bits per heavy atom. The van der Waals surface area contributed by atoms with Crippen LogP contribution in [0.25, 0.3) is 0 Å². The molecule has 3 heterocycles. The molecule has 0 bridgehead atoms. The van der Waals surface area contributed by atoms with Gasteiger partial charge in [-0.1, -0.05) is 37.5 Å². The van der Waals surface area contributed by atoms with E-state index in [1.54, 1.807) is 34.7 Å². The first-order valence-corrected chi connectivity index (χ1v) is 15.9. The number of anilines is 1. The summed E-state index contributed by atoms with van der Waals surface area (Å²) in [6.07, 6.45) is 10.1. The molecule has 1 saturated heterocycles. The maximum atomic E-state index is 14.4. The second kappa shape index (κ2) is 12.9. The van der Waals surface area contributed by atoms with Gasteiger partial charge in [0, 0.05) is 44.1 Å². The van der Waals surface area contributed by atoms with E-state index in [1.165, 1.54) is 10.5 Å². The van der Waals surface area contributed by atoms with Crippen molar-refractivity contribution in [1.82, 2.24) is 20.1 Å². The summed E-state index contributed by atoms with van der Waals surface area (Å²) in [6.45, 7) is 8.53. The van der Waals surface area contributed by atoms with Crippen LogP contribution < -0.4 is 10.6 Å². The highest BCUT2D eigenvalue weighted by Crippen LogP contribution is 2.39. The van der Waals surface area contributed by atoms with Crippen molar-refractivity contribution >= 4 is 23.6 Å². The predicted octanol–water partition coefficient (Wildman–Crippen LogP) is 5.62. The van der Waals surface area contributed by atoms with E-state index < -0.39 is 23.8 Å². The van der Waals surface area contributed by atoms with Crippen LogP contribution in [0.1, 0.15) is 101 Å². The van der Waals surface area contributed by atoms with Crippen LogP contribution in [0.15, 0.2) is 42.7 Å². The predicted molar refractivity (Wildman–Crippen MR) is 167 cm³/mol. The average molecular weight is 590 g/mol. The van der Waals surface area contributed by atoms with Crippen molar-refractivity contribution in [3.8, 4) is 0 Å². The topological polar surface area (TPSA) is 104 Å². The van der Waals surface area contributed by atoms with Gasteiger partial charge >= 0.3 is 6.09 Å². The lowest BCUT2D eigenvalue weighted by atomic mass is 9.83. The summed E-state index contributed by atoms with van der Waals surface area (Å²) in [5.74, 6) is -0.0971. The Balaban J connectivity index is 1.34. The third kappa shape index (κ3) is 6.97. The van der Waals surface area contributed by atoms with Gasteiger partial charge in [-0.15, -0.1) is 0 Å². The molecule has 0 spiro atoms. The number of hydrogen-bond acceptors (Lipinski definition) is 6. The van der Waals surface area contributed by atoms with Gasteiger partial charge in [0.25, 0.3) is 0 Å². The molecule has 2 aromatic rings. The number of likely N-dealkylation sites (N-methyl/N-ethyl adjacent to an activating group) is 1. The summed E-state index contributed by atoms with van der Waals surface area (Å²) in [4.78, 5) is 48.4. The normalized spacial score (nSPS) is 21.8. The van der Waals surface area contributed by atoms with E-state index in [2.05, 4.69) is 39.9 Å². The number of rotatable bonds is 7. The molecule has 3 aliphatic rings. The Labute approximate surface area is 255 Å². The molecule has 2 aliphatic heterocycles. The average Bonchev–Trinajstić information content (AvgIpc) is 3.66. The molecule has 1 saturated carbocycles. The monoisotopic (exact) mass is 589 g/mol. The van der Waals surface area contributed by atoms with E-state index >= 15 is 0 Å². The second-order valence-electron chi connectivity index (χ2n) is 13.4. The number of para-hydroxylation sites is 1. The van der Waals surface area contributed by atoms with Gasteiger partial charge in [0.2, 0.25) is 11.8 Å². The zero-order valence-corrected chi connectivity index (χ0v) is 26.3. The van der Waals surface area contributed by atoms with Crippen molar-refractivity contribution < 1.29 is 19.1 Å². The summed E-state index contributed by atoms with van der Waals surface area (Å²) < 4.78 is 5.47. The number of aromatic nitrogens is 1. The van der Waals surface area contributed by atoms with Gasteiger partial charge in [-0.25, -0.2) is 4.79 Å². The molecule has 5 rings (SSSR count). The zero-order chi connectivity index (χ0) is 30.7. The molecule has 43 heavy (non-hydrogen) atoms. The molecule has 2 fully saturated rings. The van der Waals surface area contributed by atoms with Gasteiger partial charge in [0.15, 0.2) is 0 Å². The quantitative estimate of drug-likeness (QED) is 0.434. The Bertz CT molecular complexity index is 1320. The van der Waals surface area contributed by atoms with Crippen molar-refractivity contribution in [3.63, 3.8) is 0 Å². The number of nitrogens with one attached hydrogen (secondary N) is 2. The second-order valence-corrected chi connectivity index (χ2v) is 13.4. The van der Waals surface area contributed by atoms with Crippen LogP contribution in [-0.2, 0) is 14.3 Å². The molecule has 1 unspecified atom stereocenters. The maximum Gasteiger partial charge on any atom is 0.410 e. The highest BCUT2D eigenvalue weighted by Gasteiger charge is 2.40. The number of likely N-dealkylation sites (tertiary alicyclic amines) is 1. The number of carbonyl (C=O) groups is 3. The number of ether oxygens (including phenoxy) is 1. The third-order valence-electron chi connectivity index (χ3n) is 9.26. The fourth-order valence-electron chi connectivity index (χ4n) is 6.78. The van der Waals surface area contributed by atoms with E-state index in [0.717, 1.165) is 68.3 Å². The molecule has 1 aliphatic carbocycles. The zero-order valence-electron chi connectivity index (χ0n) is 26.3. The molecular weight excluding hydrogens is 542 g/mol. The van der Waals surface area contributed by atoms with Crippen LogP contribution in [0.4, 0.5) is 10.5 Å². The van der Waals surface area contributed by atoms with Gasteiger partial charge in [0.1, 0.15) is 17.7 Å². The number of pyridine rings is 1. The molecule has 3 amide bonds. The van der Waals surface area contributed by atoms with Crippen molar-refractivity contribution in [1.29, 1.82) is 0 Å². The lowest BCUT2D eigenvalue weighted by Crippen LogP contribution is -2.56. The van der Waals surface area contributed by atoms with E-state index in [-0.39, 0.29) is 29.7 Å². The minimum absolute atomic E-state index is 0.0341. The minimum atomic E-state index is -0.785. The van der Waals surface area contributed by atoms with Gasteiger partial charge in [-0.3, -0.25) is 19.5 Å². The molecular formula is C34H47N5O4. The molecule has 2 N–H and O–H groups in total. The van der Waals surface area contributed by atoms with Crippen LogP contribution in [0.5, 0.6) is 0 Å². The van der Waals surface area contributed by atoms with E-state index in [9.17, 15) is 14.4 Å². The van der Waals surface area contributed by atoms with Gasteiger partial charge in [0.05, 0.1) is 6.04 Å². The summed E-state index contributed by atoms with van der Waals surface area (Å²) in [5.41, 5.74) is 3.95. The maximum absolute atomic E-state index is 14.4. The number of amides is 3. The summed E-state index contributed by atoms with van der Waals surface area (Å²) in [5, 5.41) is 6.60. The largest absolute Gasteiger partial charge is 0.444 e. The summed E-state index contributed by atoms with van der Waals surface area (Å²) in [6, 6.07) is 9.09. The molecule has 232 valence electrons. The van der Waals surface area contributed by atoms with Crippen molar-refractivity contribution in [2.24, 2.45) is 5.92 Å². The Morgan fingerprint density at radius 1 is 1.05 bits per heavy atom. The Kier molecular flexibility index (Phi) is 9.28. The molecule has 9 nitrogen and oxygen atoms in total. The third-order valence-corrected chi connectivity index (χ3v) is 9.26. The van der Waals surface area contributed by atoms with E-state index in [1.807, 2.05) is 23.4 Å². The standard InChI is InChI=1S/C34H47N5O4/c1-22(38(5)33(42)43-34(2,3)4)31(40)37-30(23-12-7-6-8-13-23)32(41)39-17-11-16-29(39)25-18-24(19-35-20-25)27-21-36-28-15-10-9-14-26(27)28/h9-10,14-15,18-20,22-23,27,29-30,36H,6-8,11-13,16-17,21H2,1-5H3,(H,37,40)/t22-,27?,29-,30-/m0/s1. The number of fused-ring (bicyclic) bond motifs is 1. The first-order valence-electron chi connectivity index (χ1n) is 15.9. The first-order chi connectivity index (χ1) is 20.5. The molecule has 0 radical (unpaired) electrons. The van der Waals surface area contributed by atoms with Crippen molar-refractivity contribution in [2.45, 2.75) is 102 Å². The van der Waals surface area contributed by atoms with Crippen LogP contribution in [-0.4, -0.2) is 70.5 Å². The Morgan fingerprint density at radius 2 is 1.77 bits per heavy atom. The number of benzene rings is 1. The number of hydrogen-bond donors (Lipinski definition) is 2. The van der Waals surface area contributed by atoms with Crippen molar-refractivity contribution in [3.05, 3.63) is 59.4 Å². The fraction of sp³-hybridized carbons (Fsp3) is 0.588. The number of carbonyl (C=O) groups excluding carboxylic acids is 3. The van der Waals surface area contributed by atoms with Crippen molar-refractivity contribution in [2.75, 3.05) is 25.5 Å². The van der Waals surface area contributed by atoms with Gasteiger partial charge < -0.3 is 20.3 Å². The SMILES string of the molecule is C[C@@H](C(=O)N[C@H](C(=O)N1CCC[C@H]1c1cncc(C2CNc3ccccc32)c1)C1CCCCC1)N(C)C(=O)OC(C)(C)C. The molecule has 9 heteroatoms. The highest BCUT2D eigenvalue weighted by molar-refractivity contribution is 5.91. The molecule has 4 atom stereocenters. The highest BCUT2D eigenvalue weighted by atomic mass is 16.6. The van der Waals surface area contributed by atoms with Crippen LogP contribution in [0, 0.1) is 5.92 Å². The number of nitrogens with zero attached hydrogens (tertiary/aromatic N) is 3. The molecule has 1 aromatic heterocycles. The van der Waals surface area contributed by atoms with E-state index in [4.69, 9.17) is 4.74 Å². The smallest absolute Gasteiger partial charge is 0.410 e. The summed E-state index contributed by atoms with van der Waals surface area (Å²) in [7, 11) is 1.56. The minimum Gasteiger partial charge on any atom is -0.444 e. The summed E-state index contributed by atoms with van der Waals surface area (Å²) >= 11 is 0. The van der Waals surface area contributed by atoms with Gasteiger partial charge in [-0.05, 0) is 88.1 Å². The van der Waals surface area contributed by atoms with E-state index in [0.29, 0.717) is 6.54 Å². The van der Waals surface area contributed by atoms with Crippen LogP contribution in [0.3, 0.4) is 0 Å². The van der Waals surface area contributed by atoms with Crippen LogP contribution >= 0.6 is 0 Å². The lowest BCUT2D eigenvalue weighted by molar-refractivity contribution is -0.140. The van der Waals surface area contributed by atoms with Gasteiger partial charge in [-0.2, -0.15) is 0 Å². The Hall–Kier alpha value is -3.62. The lowest BCUT2D eigenvalue weighted by Gasteiger charge is -2.36. The fourth-order valence-corrected chi connectivity index (χ4v) is 6.78.